The lowest BCUT2D eigenvalue weighted by atomic mass is 10.1. The molecule has 9 heteroatoms. The number of esters is 1. The molecule has 27 heavy (non-hydrogen) atoms. The summed E-state index contributed by atoms with van der Waals surface area (Å²) in [6, 6.07) is 6.23. The van der Waals surface area contributed by atoms with Crippen LogP contribution in [0, 0.1) is 0 Å². The highest BCUT2D eigenvalue weighted by molar-refractivity contribution is 5.92. The van der Waals surface area contributed by atoms with E-state index in [0.717, 1.165) is 5.56 Å². The molecule has 0 spiro atoms. The minimum Gasteiger partial charge on any atom is -0.452 e. The van der Waals surface area contributed by atoms with Crippen LogP contribution in [0.25, 0.3) is 0 Å². The van der Waals surface area contributed by atoms with E-state index in [1.165, 1.54) is 4.90 Å². The maximum absolute atomic E-state index is 11.9. The average molecular weight is 378 g/mol. The number of likely N-dealkylation sites (N-methyl/N-ethyl adjacent to an activating group) is 1. The van der Waals surface area contributed by atoms with Gasteiger partial charge >= 0.3 is 12.0 Å². The van der Waals surface area contributed by atoms with E-state index >= 15 is 0 Å². The number of hydrogen-bond donors (Lipinski definition) is 3. The molecule has 0 fully saturated rings. The summed E-state index contributed by atoms with van der Waals surface area (Å²) < 4.78 is 4.91. The molecule has 0 saturated heterocycles. The lowest BCUT2D eigenvalue weighted by Gasteiger charge is -2.11. The van der Waals surface area contributed by atoms with E-state index in [1.54, 1.807) is 38.4 Å². The highest BCUT2D eigenvalue weighted by Gasteiger charge is 2.12. The van der Waals surface area contributed by atoms with Gasteiger partial charge in [0.2, 0.25) is 5.91 Å². The number of rotatable bonds is 8. The molecule has 4 amide bonds. The smallest absolute Gasteiger partial charge is 0.338 e. The molecule has 1 aromatic rings. The maximum Gasteiger partial charge on any atom is 0.338 e. The van der Waals surface area contributed by atoms with E-state index in [4.69, 9.17) is 4.74 Å². The van der Waals surface area contributed by atoms with Gasteiger partial charge in [0, 0.05) is 26.7 Å². The Hall–Kier alpha value is -3.10. The van der Waals surface area contributed by atoms with Crippen molar-refractivity contribution >= 4 is 23.8 Å². The summed E-state index contributed by atoms with van der Waals surface area (Å²) in [7, 11) is 3.15. The molecule has 1 rings (SSSR count). The summed E-state index contributed by atoms with van der Waals surface area (Å²) >= 11 is 0. The first-order valence-electron chi connectivity index (χ1n) is 8.46. The van der Waals surface area contributed by atoms with Gasteiger partial charge in [0.1, 0.15) is 0 Å². The predicted octanol–water partition coefficient (Wildman–Crippen LogP) is 0.255. The van der Waals surface area contributed by atoms with Crippen molar-refractivity contribution in [2.75, 3.05) is 27.2 Å². The van der Waals surface area contributed by atoms with Crippen molar-refractivity contribution in [2.45, 2.75) is 26.4 Å². The molecule has 0 aliphatic carbocycles. The van der Waals surface area contributed by atoms with Gasteiger partial charge in [0.05, 0.1) is 12.1 Å². The molecule has 9 nitrogen and oxygen atoms in total. The molecule has 0 aliphatic rings. The second-order valence-corrected chi connectivity index (χ2v) is 6.32. The second-order valence-electron chi connectivity index (χ2n) is 6.32. The number of carbonyl (C=O) groups excluding carboxylic acids is 4. The van der Waals surface area contributed by atoms with E-state index in [1.807, 2.05) is 13.8 Å². The van der Waals surface area contributed by atoms with Gasteiger partial charge in [-0.2, -0.15) is 0 Å². The van der Waals surface area contributed by atoms with Crippen LogP contribution < -0.4 is 16.0 Å². The Balaban J connectivity index is 2.40. The van der Waals surface area contributed by atoms with Gasteiger partial charge in [0.25, 0.3) is 5.91 Å². The lowest BCUT2D eigenvalue weighted by Crippen LogP contribution is -2.39. The van der Waals surface area contributed by atoms with Crippen LogP contribution in [0.4, 0.5) is 4.79 Å². The normalized spacial score (nSPS) is 10.1. The highest BCUT2D eigenvalue weighted by atomic mass is 16.5. The average Bonchev–Trinajstić information content (AvgIpc) is 2.62. The van der Waals surface area contributed by atoms with Crippen LogP contribution in [0.5, 0.6) is 0 Å². The highest BCUT2D eigenvalue weighted by Crippen LogP contribution is 2.06. The monoisotopic (exact) mass is 378 g/mol. The van der Waals surface area contributed by atoms with Gasteiger partial charge in [-0.3, -0.25) is 9.59 Å². The third kappa shape index (κ3) is 8.70. The van der Waals surface area contributed by atoms with Crippen LogP contribution in [0.3, 0.4) is 0 Å². The number of amides is 4. The van der Waals surface area contributed by atoms with Crippen LogP contribution in [-0.4, -0.2) is 62.0 Å². The summed E-state index contributed by atoms with van der Waals surface area (Å²) in [4.78, 5) is 47.7. The van der Waals surface area contributed by atoms with Gasteiger partial charge in [-0.25, -0.2) is 9.59 Å². The van der Waals surface area contributed by atoms with Crippen molar-refractivity contribution in [1.29, 1.82) is 0 Å². The van der Waals surface area contributed by atoms with E-state index in [-0.39, 0.29) is 30.1 Å². The molecule has 1 aromatic carbocycles. The largest absolute Gasteiger partial charge is 0.452 e. The van der Waals surface area contributed by atoms with Crippen LogP contribution in [0.1, 0.15) is 29.8 Å². The molecule has 0 bridgehead atoms. The Labute approximate surface area is 158 Å². The molecule has 0 unspecified atom stereocenters. The van der Waals surface area contributed by atoms with Crippen LogP contribution in [0.2, 0.25) is 0 Å². The van der Waals surface area contributed by atoms with Crippen molar-refractivity contribution in [3.05, 3.63) is 35.4 Å². The van der Waals surface area contributed by atoms with Crippen molar-refractivity contribution in [3.8, 4) is 0 Å². The zero-order chi connectivity index (χ0) is 20.4. The molecule has 3 N–H and O–H groups in total. The minimum atomic E-state index is -0.652. The molecule has 0 saturated carbocycles. The van der Waals surface area contributed by atoms with Gasteiger partial charge < -0.3 is 25.6 Å². The number of nitrogens with zero attached hydrogens (tertiary/aromatic N) is 1. The fraction of sp³-hybridized carbons (Fsp3) is 0.444. The van der Waals surface area contributed by atoms with Gasteiger partial charge in [-0.1, -0.05) is 12.1 Å². The first kappa shape index (κ1) is 21.9. The topological polar surface area (TPSA) is 117 Å². The van der Waals surface area contributed by atoms with Crippen molar-refractivity contribution < 1.29 is 23.9 Å². The van der Waals surface area contributed by atoms with Crippen molar-refractivity contribution in [1.82, 2.24) is 20.9 Å². The fourth-order valence-corrected chi connectivity index (χ4v) is 1.85. The van der Waals surface area contributed by atoms with Gasteiger partial charge in [-0.15, -0.1) is 0 Å². The van der Waals surface area contributed by atoms with Crippen LogP contribution >= 0.6 is 0 Å². The predicted molar refractivity (Wildman–Crippen MR) is 98.9 cm³/mol. The SMILES string of the molecule is CC(C)NC(=O)NCc1ccc(C(=O)OCC(=O)NCC(=O)N(C)C)cc1. The van der Waals surface area contributed by atoms with E-state index in [2.05, 4.69) is 16.0 Å². The first-order chi connectivity index (χ1) is 12.7. The Bertz CT molecular complexity index is 671. The molecule has 0 heterocycles. The zero-order valence-corrected chi connectivity index (χ0v) is 16.0. The summed E-state index contributed by atoms with van der Waals surface area (Å²) in [6.07, 6.45) is 0. The number of hydrogen-bond acceptors (Lipinski definition) is 5. The third-order valence-electron chi connectivity index (χ3n) is 3.33. The summed E-state index contributed by atoms with van der Waals surface area (Å²) in [5.41, 5.74) is 1.09. The van der Waals surface area contributed by atoms with Crippen molar-refractivity contribution in [2.24, 2.45) is 0 Å². The van der Waals surface area contributed by atoms with Crippen LogP contribution in [-0.2, 0) is 20.9 Å². The molecule has 0 aromatic heterocycles. The Morgan fingerprint density at radius 1 is 1.04 bits per heavy atom. The molecule has 0 atom stereocenters. The molecule has 0 aliphatic heterocycles. The van der Waals surface area contributed by atoms with E-state index in [0.29, 0.717) is 6.54 Å². The Morgan fingerprint density at radius 2 is 1.67 bits per heavy atom. The lowest BCUT2D eigenvalue weighted by molar-refractivity contribution is -0.131. The minimum absolute atomic E-state index is 0.0420. The summed E-state index contributed by atoms with van der Waals surface area (Å²) in [5.74, 6) is -1.47. The van der Waals surface area contributed by atoms with Gasteiger partial charge in [0.15, 0.2) is 6.61 Å². The van der Waals surface area contributed by atoms with E-state index < -0.39 is 18.5 Å². The standard InChI is InChI=1S/C18H26N4O5/c1-12(2)21-18(26)20-9-13-5-7-14(8-6-13)17(25)27-11-15(23)19-10-16(24)22(3)4/h5-8,12H,9-11H2,1-4H3,(H,19,23)(H2,20,21,26). The molecular weight excluding hydrogens is 352 g/mol. The summed E-state index contributed by atoms with van der Waals surface area (Å²) in [5, 5.41) is 7.77. The quantitative estimate of drug-likeness (QED) is 0.561. The first-order valence-corrected chi connectivity index (χ1v) is 8.46. The summed E-state index contributed by atoms with van der Waals surface area (Å²) in [6.45, 7) is 3.41. The number of urea groups is 1. The van der Waals surface area contributed by atoms with Crippen LogP contribution in [0.15, 0.2) is 24.3 Å². The Kier molecular flexibility index (Phi) is 8.77. The second kappa shape index (κ2) is 10.8. The number of carbonyl (C=O) groups is 4. The molecular formula is C18H26N4O5. The van der Waals surface area contributed by atoms with Crippen molar-refractivity contribution in [3.63, 3.8) is 0 Å². The zero-order valence-electron chi connectivity index (χ0n) is 16.0. The Morgan fingerprint density at radius 3 is 2.22 bits per heavy atom. The number of nitrogens with one attached hydrogen (secondary N) is 3. The van der Waals surface area contributed by atoms with Gasteiger partial charge in [-0.05, 0) is 31.5 Å². The number of benzene rings is 1. The fourth-order valence-electron chi connectivity index (χ4n) is 1.85. The van der Waals surface area contributed by atoms with E-state index in [9.17, 15) is 19.2 Å². The third-order valence-corrected chi connectivity index (χ3v) is 3.33. The molecule has 148 valence electrons. The maximum atomic E-state index is 11.9. The number of ether oxygens (including phenoxy) is 1. The molecule has 0 radical (unpaired) electrons.